The van der Waals surface area contributed by atoms with Crippen LogP contribution >= 0.6 is 22.6 Å². The number of alkyl halides is 3. The number of hydrogen-bond donors (Lipinski definition) is 1. The highest BCUT2D eigenvalue weighted by Crippen LogP contribution is 2.33. The second kappa shape index (κ2) is 5.68. The zero-order valence-electron chi connectivity index (χ0n) is 10.1. The normalized spacial score (nSPS) is 16.6. The van der Waals surface area contributed by atoms with E-state index in [1.165, 1.54) is 12.1 Å². The topological polar surface area (TPSA) is 29.1 Å². The van der Waals surface area contributed by atoms with Crippen molar-refractivity contribution in [1.82, 2.24) is 5.32 Å². The van der Waals surface area contributed by atoms with Gasteiger partial charge in [-0.25, -0.2) is 0 Å². The summed E-state index contributed by atoms with van der Waals surface area (Å²) in [6.07, 6.45) is -0.786. The van der Waals surface area contributed by atoms with E-state index in [4.69, 9.17) is 0 Å². The molecule has 1 fully saturated rings. The Kier molecular flexibility index (Phi) is 4.37. The number of amides is 1. The molecular formula is C13H13F3INO. The molecule has 0 saturated heterocycles. The average molecular weight is 383 g/mol. The maximum Gasteiger partial charge on any atom is 0.417 e. The van der Waals surface area contributed by atoms with Crippen LogP contribution in [-0.2, 0) is 6.18 Å². The van der Waals surface area contributed by atoms with Crippen LogP contribution in [0.5, 0.6) is 0 Å². The lowest BCUT2D eigenvalue weighted by atomic mass is 10.1. The van der Waals surface area contributed by atoms with Crippen molar-refractivity contribution in [2.75, 3.05) is 0 Å². The number of benzene rings is 1. The van der Waals surface area contributed by atoms with Crippen LogP contribution in [0.4, 0.5) is 13.2 Å². The fraction of sp³-hybridized carbons (Fsp3) is 0.462. The molecule has 1 saturated carbocycles. The molecule has 0 aliphatic heterocycles. The van der Waals surface area contributed by atoms with Crippen molar-refractivity contribution >= 4 is 28.5 Å². The van der Waals surface area contributed by atoms with E-state index in [1.807, 2.05) is 0 Å². The Morgan fingerprint density at radius 1 is 1.26 bits per heavy atom. The molecule has 1 aromatic rings. The highest BCUT2D eigenvalue weighted by atomic mass is 127. The molecule has 0 heterocycles. The molecule has 0 radical (unpaired) electrons. The van der Waals surface area contributed by atoms with E-state index in [0.29, 0.717) is 3.57 Å². The first-order chi connectivity index (χ1) is 8.88. The predicted octanol–water partition coefficient (Wildman–Crippen LogP) is 3.98. The lowest BCUT2D eigenvalue weighted by molar-refractivity contribution is -0.138. The van der Waals surface area contributed by atoms with Gasteiger partial charge < -0.3 is 5.32 Å². The molecule has 1 aliphatic carbocycles. The summed E-state index contributed by atoms with van der Waals surface area (Å²) >= 11 is 1.80. The number of carbonyl (C=O) groups excluding carboxylic acids is 1. The third-order valence-corrected chi connectivity index (χ3v) is 3.89. The van der Waals surface area contributed by atoms with Gasteiger partial charge in [-0.15, -0.1) is 0 Å². The number of carbonyl (C=O) groups is 1. The van der Waals surface area contributed by atoms with Crippen LogP contribution in [-0.4, -0.2) is 11.9 Å². The summed E-state index contributed by atoms with van der Waals surface area (Å²) in [5, 5.41) is 2.69. The fourth-order valence-electron chi connectivity index (χ4n) is 2.28. The van der Waals surface area contributed by atoms with E-state index in [0.717, 1.165) is 31.7 Å². The van der Waals surface area contributed by atoms with Crippen molar-refractivity contribution in [3.63, 3.8) is 0 Å². The van der Waals surface area contributed by atoms with E-state index in [9.17, 15) is 18.0 Å². The van der Waals surface area contributed by atoms with Gasteiger partial charge in [-0.3, -0.25) is 4.79 Å². The van der Waals surface area contributed by atoms with E-state index >= 15 is 0 Å². The molecule has 6 heteroatoms. The van der Waals surface area contributed by atoms with E-state index in [1.54, 1.807) is 22.6 Å². The maximum absolute atomic E-state index is 12.9. The lowest BCUT2D eigenvalue weighted by Crippen LogP contribution is -2.34. The Morgan fingerprint density at radius 2 is 1.89 bits per heavy atom. The minimum absolute atomic E-state index is 0.00728. The van der Waals surface area contributed by atoms with Crippen LogP contribution < -0.4 is 5.32 Å². The van der Waals surface area contributed by atoms with Gasteiger partial charge in [-0.1, -0.05) is 12.8 Å². The highest BCUT2D eigenvalue weighted by molar-refractivity contribution is 14.1. The number of hydrogen-bond acceptors (Lipinski definition) is 1. The summed E-state index contributed by atoms with van der Waals surface area (Å²) in [6, 6.07) is 3.77. The quantitative estimate of drug-likeness (QED) is 0.770. The van der Waals surface area contributed by atoms with E-state index < -0.39 is 17.6 Å². The van der Waals surface area contributed by atoms with Gasteiger partial charge >= 0.3 is 6.18 Å². The zero-order valence-corrected chi connectivity index (χ0v) is 12.2. The van der Waals surface area contributed by atoms with E-state index in [-0.39, 0.29) is 11.6 Å². The molecule has 0 atom stereocenters. The molecule has 19 heavy (non-hydrogen) atoms. The molecule has 0 unspecified atom stereocenters. The fourth-order valence-corrected chi connectivity index (χ4v) is 2.77. The molecule has 0 spiro atoms. The molecule has 1 N–H and O–H groups in total. The molecule has 0 bridgehead atoms. The first kappa shape index (κ1) is 14.6. The van der Waals surface area contributed by atoms with Gasteiger partial charge in [0.15, 0.2) is 0 Å². The smallest absolute Gasteiger partial charge is 0.349 e. The molecular weight excluding hydrogens is 370 g/mol. The Morgan fingerprint density at radius 3 is 2.47 bits per heavy atom. The summed E-state index contributed by atoms with van der Waals surface area (Å²) in [5.41, 5.74) is -1.16. The van der Waals surface area contributed by atoms with Crippen molar-refractivity contribution in [1.29, 1.82) is 0 Å². The molecule has 0 aromatic heterocycles. The molecule has 1 aromatic carbocycles. The van der Waals surface area contributed by atoms with Crippen molar-refractivity contribution < 1.29 is 18.0 Å². The average Bonchev–Trinajstić information content (AvgIpc) is 2.80. The molecule has 2 rings (SSSR count). The second-order valence-corrected chi connectivity index (χ2v) is 5.89. The minimum Gasteiger partial charge on any atom is -0.349 e. The Balaban J connectivity index is 2.25. The molecule has 1 aliphatic rings. The van der Waals surface area contributed by atoms with E-state index in [2.05, 4.69) is 5.32 Å². The van der Waals surface area contributed by atoms with Crippen LogP contribution in [0.3, 0.4) is 0 Å². The Labute approximate surface area is 122 Å². The van der Waals surface area contributed by atoms with Gasteiger partial charge in [-0.05, 0) is 53.6 Å². The van der Waals surface area contributed by atoms with Crippen LogP contribution in [0.1, 0.15) is 41.6 Å². The largest absolute Gasteiger partial charge is 0.417 e. The third kappa shape index (κ3) is 3.61. The summed E-state index contributed by atoms with van der Waals surface area (Å²) in [7, 11) is 0. The lowest BCUT2D eigenvalue weighted by Gasteiger charge is -2.16. The van der Waals surface area contributed by atoms with Crippen LogP contribution in [0.25, 0.3) is 0 Å². The Bertz CT molecular complexity index is 481. The molecule has 1 amide bonds. The van der Waals surface area contributed by atoms with Crippen LogP contribution in [0.2, 0.25) is 0 Å². The summed E-state index contributed by atoms with van der Waals surface area (Å²) in [4.78, 5) is 12.0. The standard InChI is InChI=1S/C13H13F3INO/c14-13(15,16)11-7-8(17)5-6-10(11)12(19)18-9-3-1-2-4-9/h5-7,9H,1-4H2,(H,18,19). The number of nitrogens with one attached hydrogen (secondary N) is 1. The summed E-state index contributed by atoms with van der Waals surface area (Å²) in [5.74, 6) is -0.629. The van der Waals surface area contributed by atoms with Gasteiger partial charge in [0, 0.05) is 9.61 Å². The SMILES string of the molecule is O=C(NC1CCCC1)c1ccc(I)cc1C(F)(F)F. The van der Waals surface area contributed by atoms with Gasteiger partial charge in [-0.2, -0.15) is 13.2 Å². The van der Waals surface area contributed by atoms with Crippen molar-refractivity contribution in [2.45, 2.75) is 37.9 Å². The minimum atomic E-state index is -4.51. The van der Waals surface area contributed by atoms with Crippen LogP contribution in [0.15, 0.2) is 18.2 Å². The zero-order chi connectivity index (χ0) is 14.0. The van der Waals surface area contributed by atoms with Gasteiger partial charge in [0.25, 0.3) is 5.91 Å². The van der Waals surface area contributed by atoms with Crippen molar-refractivity contribution in [2.24, 2.45) is 0 Å². The van der Waals surface area contributed by atoms with Gasteiger partial charge in [0.2, 0.25) is 0 Å². The maximum atomic E-state index is 12.9. The van der Waals surface area contributed by atoms with Gasteiger partial charge in [0.05, 0.1) is 11.1 Å². The summed E-state index contributed by atoms with van der Waals surface area (Å²) in [6.45, 7) is 0. The van der Waals surface area contributed by atoms with Crippen LogP contribution in [0, 0.1) is 3.57 Å². The molecule has 2 nitrogen and oxygen atoms in total. The number of rotatable bonds is 2. The first-order valence-electron chi connectivity index (χ1n) is 6.05. The number of halogens is 4. The van der Waals surface area contributed by atoms with Crippen molar-refractivity contribution in [3.8, 4) is 0 Å². The monoisotopic (exact) mass is 383 g/mol. The first-order valence-corrected chi connectivity index (χ1v) is 7.13. The Hall–Kier alpha value is -0.790. The van der Waals surface area contributed by atoms with Crippen molar-refractivity contribution in [3.05, 3.63) is 32.9 Å². The summed E-state index contributed by atoms with van der Waals surface area (Å²) < 4.78 is 39.2. The molecule has 104 valence electrons. The predicted molar refractivity (Wildman–Crippen MR) is 73.9 cm³/mol. The highest BCUT2D eigenvalue weighted by Gasteiger charge is 2.35. The van der Waals surface area contributed by atoms with Gasteiger partial charge in [0.1, 0.15) is 0 Å². The third-order valence-electron chi connectivity index (χ3n) is 3.22. The second-order valence-electron chi connectivity index (χ2n) is 4.64.